The van der Waals surface area contributed by atoms with Crippen molar-refractivity contribution >= 4 is 17.5 Å². The molecule has 1 fully saturated rings. The minimum Gasteiger partial charge on any atom is -0.396 e. The fraction of sp³-hybridized carbons (Fsp3) is 0.533. The third-order valence-corrected chi connectivity index (χ3v) is 4.26. The van der Waals surface area contributed by atoms with Crippen molar-refractivity contribution in [2.75, 3.05) is 13.2 Å². The fourth-order valence-corrected chi connectivity index (χ4v) is 2.95. The molecule has 104 valence electrons. The summed E-state index contributed by atoms with van der Waals surface area (Å²) >= 11 is 5.92. The van der Waals surface area contributed by atoms with Crippen molar-refractivity contribution in [1.82, 2.24) is 5.32 Å². The Morgan fingerprint density at radius 2 is 2.16 bits per heavy atom. The van der Waals surface area contributed by atoms with E-state index in [-0.39, 0.29) is 12.5 Å². The monoisotopic (exact) mass is 281 g/mol. The largest absolute Gasteiger partial charge is 0.396 e. The normalized spacial score (nSPS) is 22.5. The number of carbonyl (C=O) groups is 1. The summed E-state index contributed by atoms with van der Waals surface area (Å²) < 4.78 is 0. The molecular formula is C15H20ClNO2. The molecule has 0 aromatic heterocycles. The summed E-state index contributed by atoms with van der Waals surface area (Å²) in [4.78, 5) is 12.1. The molecule has 1 aromatic carbocycles. The molecule has 1 aliphatic carbocycles. The number of carbonyl (C=O) groups excluding carboxylic acids is 1. The van der Waals surface area contributed by atoms with Gasteiger partial charge in [0.25, 0.3) is 5.91 Å². The molecule has 0 saturated heterocycles. The average Bonchev–Trinajstić information content (AvgIpc) is 2.86. The highest BCUT2D eigenvalue weighted by atomic mass is 35.5. The first-order valence-corrected chi connectivity index (χ1v) is 7.15. The maximum atomic E-state index is 12.1. The van der Waals surface area contributed by atoms with Crippen LogP contribution in [0.2, 0.25) is 5.02 Å². The Morgan fingerprint density at radius 1 is 1.42 bits per heavy atom. The quantitative estimate of drug-likeness (QED) is 0.892. The number of benzene rings is 1. The number of amides is 1. The zero-order chi connectivity index (χ0) is 13.8. The van der Waals surface area contributed by atoms with Crippen LogP contribution in [-0.2, 0) is 0 Å². The summed E-state index contributed by atoms with van der Waals surface area (Å²) in [5.74, 6) is 0.651. The Morgan fingerprint density at radius 3 is 2.89 bits per heavy atom. The van der Waals surface area contributed by atoms with Crippen molar-refractivity contribution in [1.29, 1.82) is 0 Å². The second-order valence-electron chi connectivity index (χ2n) is 5.30. The van der Waals surface area contributed by atoms with Crippen LogP contribution in [0.15, 0.2) is 18.2 Å². The number of rotatable bonds is 4. The fourth-order valence-electron chi connectivity index (χ4n) is 2.78. The topological polar surface area (TPSA) is 49.3 Å². The number of hydrogen-bond donors (Lipinski definition) is 2. The van der Waals surface area contributed by atoms with E-state index in [1.807, 2.05) is 13.0 Å². The molecule has 1 saturated carbocycles. The van der Waals surface area contributed by atoms with Crippen LogP contribution >= 0.6 is 11.6 Å². The highest BCUT2D eigenvalue weighted by molar-refractivity contribution is 6.31. The first-order valence-electron chi connectivity index (χ1n) is 6.77. The Bertz CT molecular complexity index is 461. The lowest BCUT2D eigenvalue weighted by Gasteiger charge is -2.18. The molecule has 1 aromatic rings. The van der Waals surface area contributed by atoms with E-state index < -0.39 is 0 Å². The van der Waals surface area contributed by atoms with Crippen LogP contribution in [0.3, 0.4) is 0 Å². The van der Waals surface area contributed by atoms with Crippen LogP contribution in [0, 0.1) is 18.8 Å². The number of aliphatic hydroxyl groups excluding tert-OH is 1. The van der Waals surface area contributed by atoms with Gasteiger partial charge in [-0.2, -0.15) is 0 Å². The molecule has 0 aliphatic heterocycles. The van der Waals surface area contributed by atoms with Gasteiger partial charge < -0.3 is 10.4 Å². The van der Waals surface area contributed by atoms with Crippen LogP contribution in [0.4, 0.5) is 0 Å². The van der Waals surface area contributed by atoms with Crippen molar-refractivity contribution in [3.63, 3.8) is 0 Å². The smallest absolute Gasteiger partial charge is 0.251 e. The predicted molar refractivity (Wildman–Crippen MR) is 76.4 cm³/mol. The zero-order valence-electron chi connectivity index (χ0n) is 11.2. The van der Waals surface area contributed by atoms with Crippen molar-refractivity contribution in [3.05, 3.63) is 34.3 Å². The maximum Gasteiger partial charge on any atom is 0.251 e. The van der Waals surface area contributed by atoms with Gasteiger partial charge >= 0.3 is 0 Å². The summed E-state index contributed by atoms with van der Waals surface area (Å²) in [5.41, 5.74) is 1.55. The number of aryl methyl sites for hydroxylation is 1. The molecule has 19 heavy (non-hydrogen) atoms. The molecule has 0 spiro atoms. The number of halogens is 1. The molecular weight excluding hydrogens is 262 g/mol. The minimum absolute atomic E-state index is 0.0800. The van der Waals surface area contributed by atoms with Gasteiger partial charge in [-0.3, -0.25) is 4.79 Å². The van der Waals surface area contributed by atoms with Gasteiger partial charge in [0.2, 0.25) is 0 Å². The highest BCUT2D eigenvalue weighted by Gasteiger charge is 2.26. The lowest BCUT2D eigenvalue weighted by Crippen LogP contribution is -2.32. The van der Waals surface area contributed by atoms with Crippen LogP contribution in [-0.4, -0.2) is 24.2 Å². The summed E-state index contributed by atoms with van der Waals surface area (Å²) in [7, 11) is 0. The molecule has 1 aliphatic rings. The Kier molecular flexibility index (Phi) is 4.83. The van der Waals surface area contributed by atoms with Crippen LogP contribution in [0.25, 0.3) is 0 Å². The molecule has 2 N–H and O–H groups in total. The minimum atomic E-state index is -0.0800. The van der Waals surface area contributed by atoms with Gasteiger partial charge in [0.1, 0.15) is 0 Å². The van der Waals surface area contributed by atoms with Gasteiger partial charge in [-0.15, -0.1) is 0 Å². The maximum absolute atomic E-state index is 12.1. The highest BCUT2D eigenvalue weighted by Crippen LogP contribution is 2.30. The van der Waals surface area contributed by atoms with E-state index in [9.17, 15) is 9.90 Å². The van der Waals surface area contributed by atoms with E-state index in [1.165, 1.54) is 0 Å². The Labute approximate surface area is 119 Å². The zero-order valence-corrected chi connectivity index (χ0v) is 11.9. The molecule has 0 heterocycles. The standard InChI is InChI=1S/C15H20ClNO2/c1-10-5-6-13(16)7-14(10)15(19)17-8-11-3-2-4-12(11)9-18/h5-7,11-12,18H,2-4,8-9H2,1H3,(H,17,19). The van der Waals surface area contributed by atoms with E-state index in [4.69, 9.17) is 11.6 Å². The first kappa shape index (κ1) is 14.4. The second-order valence-corrected chi connectivity index (χ2v) is 5.74. The van der Waals surface area contributed by atoms with E-state index in [1.54, 1.807) is 12.1 Å². The molecule has 1 amide bonds. The molecule has 2 unspecified atom stereocenters. The molecule has 3 nitrogen and oxygen atoms in total. The van der Waals surface area contributed by atoms with Gasteiger partial charge in [0.05, 0.1) is 0 Å². The van der Waals surface area contributed by atoms with Crippen molar-refractivity contribution in [3.8, 4) is 0 Å². The first-order chi connectivity index (χ1) is 9.11. The van der Waals surface area contributed by atoms with E-state index in [0.717, 1.165) is 24.8 Å². The van der Waals surface area contributed by atoms with Gasteiger partial charge in [-0.25, -0.2) is 0 Å². The summed E-state index contributed by atoms with van der Waals surface area (Å²) in [6, 6.07) is 5.33. The van der Waals surface area contributed by atoms with Gasteiger partial charge in [-0.1, -0.05) is 24.1 Å². The average molecular weight is 282 g/mol. The van der Waals surface area contributed by atoms with E-state index in [2.05, 4.69) is 5.32 Å². The number of aliphatic hydroxyl groups is 1. The summed E-state index contributed by atoms with van der Waals surface area (Å²) in [6.07, 6.45) is 3.29. The van der Waals surface area contributed by atoms with E-state index >= 15 is 0 Å². The number of hydrogen-bond acceptors (Lipinski definition) is 2. The molecule has 0 bridgehead atoms. The number of nitrogens with one attached hydrogen (secondary N) is 1. The molecule has 2 rings (SSSR count). The SMILES string of the molecule is Cc1ccc(Cl)cc1C(=O)NCC1CCCC1CO. The van der Waals surface area contributed by atoms with Crippen molar-refractivity contribution in [2.24, 2.45) is 11.8 Å². The predicted octanol–water partition coefficient (Wildman–Crippen LogP) is 2.79. The van der Waals surface area contributed by atoms with Crippen LogP contribution in [0.5, 0.6) is 0 Å². The summed E-state index contributed by atoms with van der Waals surface area (Å²) in [6.45, 7) is 2.75. The van der Waals surface area contributed by atoms with Crippen molar-refractivity contribution < 1.29 is 9.90 Å². The van der Waals surface area contributed by atoms with E-state index in [0.29, 0.717) is 29.0 Å². The third kappa shape index (κ3) is 3.48. The second kappa shape index (κ2) is 6.40. The lowest BCUT2D eigenvalue weighted by atomic mass is 9.97. The van der Waals surface area contributed by atoms with Gasteiger partial charge in [-0.05, 0) is 49.3 Å². The van der Waals surface area contributed by atoms with Crippen LogP contribution < -0.4 is 5.32 Å². The molecule has 2 atom stereocenters. The van der Waals surface area contributed by atoms with Crippen LogP contribution in [0.1, 0.15) is 35.2 Å². The Hall–Kier alpha value is -1.06. The molecule has 0 radical (unpaired) electrons. The molecule has 4 heteroatoms. The summed E-state index contributed by atoms with van der Waals surface area (Å²) in [5, 5.41) is 12.8. The lowest BCUT2D eigenvalue weighted by molar-refractivity contribution is 0.0937. The van der Waals surface area contributed by atoms with Crippen molar-refractivity contribution in [2.45, 2.75) is 26.2 Å². The Balaban J connectivity index is 1.96. The third-order valence-electron chi connectivity index (χ3n) is 4.02. The van der Waals surface area contributed by atoms with Gasteiger partial charge in [0.15, 0.2) is 0 Å². The van der Waals surface area contributed by atoms with Gasteiger partial charge in [0, 0.05) is 23.7 Å².